The monoisotopic (exact) mass is 390 g/mol. The first kappa shape index (κ1) is 19.4. The number of hydrogen-bond acceptors (Lipinski definition) is 3. The molecule has 2 aliphatic rings. The number of carbonyl (C=O) groups excluding carboxylic acids is 3. The average molecular weight is 390 g/mol. The van der Waals surface area contributed by atoms with Gasteiger partial charge in [0.05, 0.1) is 17.9 Å². The fourth-order valence-corrected chi connectivity index (χ4v) is 4.55. The van der Waals surface area contributed by atoms with Crippen LogP contribution in [0, 0.1) is 11.8 Å². The van der Waals surface area contributed by atoms with E-state index in [0.29, 0.717) is 0 Å². The molecule has 0 bridgehead atoms. The highest BCUT2D eigenvalue weighted by molar-refractivity contribution is 6.05. The van der Waals surface area contributed by atoms with Crippen molar-refractivity contribution in [1.82, 2.24) is 10.2 Å². The maximum absolute atomic E-state index is 12.7. The quantitative estimate of drug-likeness (QED) is 0.768. The summed E-state index contributed by atoms with van der Waals surface area (Å²) in [6.07, 6.45) is 3.71. The molecule has 1 saturated carbocycles. The molecule has 150 valence electrons. The fourth-order valence-electron chi connectivity index (χ4n) is 4.55. The zero-order valence-corrected chi connectivity index (χ0v) is 16.4. The van der Waals surface area contributed by atoms with Crippen molar-refractivity contribution in [2.75, 3.05) is 6.54 Å². The molecule has 2 fully saturated rings. The number of imide groups is 1. The molecule has 0 unspecified atom stereocenters. The first-order valence-electron chi connectivity index (χ1n) is 10.4. The number of rotatable bonds is 6. The molecule has 0 radical (unpaired) electrons. The molecule has 1 N–H and O–H groups in total. The Morgan fingerprint density at radius 2 is 1.34 bits per heavy atom. The lowest BCUT2D eigenvalue weighted by atomic mass is 9.81. The van der Waals surface area contributed by atoms with Crippen LogP contribution in [-0.2, 0) is 14.4 Å². The zero-order valence-electron chi connectivity index (χ0n) is 16.4. The lowest BCUT2D eigenvalue weighted by molar-refractivity contribution is -0.140. The van der Waals surface area contributed by atoms with Gasteiger partial charge in [-0.05, 0) is 24.0 Å². The summed E-state index contributed by atoms with van der Waals surface area (Å²) >= 11 is 0. The highest BCUT2D eigenvalue weighted by Gasteiger charge is 2.47. The molecule has 1 heterocycles. The maximum atomic E-state index is 12.7. The Hall–Kier alpha value is -2.95. The number of likely N-dealkylation sites (tertiary alicyclic amines) is 1. The van der Waals surface area contributed by atoms with E-state index in [2.05, 4.69) is 5.32 Å². The summed E-state index contributed by atoms with van der Waals surface area (Å²) in [4.78, 5) is 39.2. The van der Waals surface area contributed by atoms with Crippen LogP contribution >= 0.6 is 0 Å². The van der Waals surface area contributed by atoms with Gasteiger partial charge < -0.3 is 5.32 Å². The topological polar surface area (TPSA) is 66.5 Å². The van der Waals surface area contributed by atoms with E-state index in [-0.39, 0.29) is 48.6 Å². The second-order valence-corrected chi connectivity index (χ2v) is 7.90. The molecule has 2 aromatic rings. The van der Waals surface area contributed by atoms with E-state index in [0.717, 1.165) is 36.8 Å². The summed E-state index contributed by atoms with van der Waals surface area (Å²) in [5.74, 6) is -0.676. The maximum Gasteiger partial charge on any atom is 0.233 e. The van der Waals surface area contributed by atoms with Crippen molar-refractivity contribution in [2.24, 2.45) is 11.8 Å². The molecule has 2 atom stereocenters. The van der Waals surface area contributed by atoms with Crippen LogP contribution in [-0.4, -0.2) is 29.2 Å². The highest BCUT2D eigenvalue weighted by atomic mass is 16.2. The predicted molar refractivity (Wildman–Crippen MR) is 110 cm³/mol. The smallest absolute Gasteiger partial charge is 0.233 e. The predicted octanol–water partition coefficient (Wildman–Crippen LogP) is 3.46. The van der Waals surface area contributed by atoms with E-state index in [9.17, 15) is 14.4 Å². The summed E-state index contributed by atoms with van der Waals surface area (Å²) in [7, 11) is 0. The number of carbonyl (C=O) groups is 3. The van der Waals surface area contributed by atoms with E-state index in [4.69, 9.17) is 0 Å². The van der Waals surface area contributed by atoms with E-state index >= 15 is 0 Å². The van der Waals surface area contributed by atoms with Crippen LogP contribution in [0.4, 0.5) is 0 Å². The lowest BCUT2D eigenvalue weighted by Gasteiger charge is -2.21. The van der Waals surface area contributed by atoms with Crippen molar-refractivity contribution in [3.63, 3.8) is 0 Å². The Morgan fingerprint density at radius 3 is 1.83 bits per heavy atom. The minimum Gasteiger partial charge on any atom is -0.345 e. The van der Waals surface area contributed by atoms with Crippen molar-refractivity contribution in [3.8, 4) is 0 Å². The minimum absolute atomic E-state index is 0.0878. The first-order valence-corrected chi connectivity index (χ1v) is 10.4. The van der Waals surface area contributed by atoms with Gasteiger partial charge in [0, 0.05) is 13.0 Å². The van der Waals surface area contributed by atoms with Crippen LogP contribution in [0.1, 0.15) is 49.3 Å². The number of amides is 3. The fraction of sp³-hybridized carbons (Fsp3) is 0.375. The second kappa shape index (κ2) is 8.60. The molecular formula is C24H26N2O3. The Bertz CT molecular complexity index is 818. The SMILES string of the molecule is O=C(CCN1C(=O)[C@H]2CCCC[C@H]2C1=O)NC(c1ccccc1)c1ccccc1. The third-order valence-electron chi connectivity index (χ3n) is 6.07. The van der Waals surface area contributed by atoms with Gasteiger partial charge in [-0.25, -0.2) is 0 Å². The van der Waals surface area contributed by atoms with Crippen molar-refractivity contribution < 1.29 is 14.4 Å². The van der Waals surface area contributed by atoms with Crippen molar-refractivity contribution >= 4 is 17.7 Å². The van der Waals surface area contributed by atoms with Gasteiger partial charge in [0.25, 0.3) is 0 Å². The molecule has 1 saturated heterocycles. The van der Waals surface area contributed by atoms with Crippen LogP contribution in [0.2, 0.25) is 0 Å². The molecule has 5 nitrogen and oxygen atoms in total. The number of hydrogen-bond donors (Lipinski definition) is 1. The molecule has 1 aliphatic carbocycles. The highest BCUT2D eigenvalue weighted by Crippen LogP contribution is 2.38. The molecule has 29 heavy (non-hydrogen) atoms. The van der Waals surface area contributed by atoms with Gasteiger partial charge in [-0.3, -0.25) is 19.3 Å². The lowest BCUT2D eigenvalue weighted by Crippen LogP contribution is -2.36. The molecule has 3 amide bonds. The van der Waals surface area contributed by atoms with Gasteiger partial charge in [0.2, 0.25) is 17.7 Å². The van der Waals surface area contributed by atoms with Crippen molar-refractivity contribution in [1.29, 1.82) is 0 Å². The van der Waals surface area contributed by atoms with Gasteiger partial charge in [0.1, 0.15) is 0 Å². The van der Waals surface area contributed by atoms with Gasteiger partial charge in [-0.2, -0.15) is 0 Å². The molecular weight excluding hydrogens is 364 g/mol. The largest absolute Gasteiger partial charge is 0.345 e. The minimum atomic E-state index is -0.266. The van der Waals surface area contributed by atoms with Crippen molar-refractivity contribution in [2.45, 2.75) is 38.1 Å². The Balaban J connectivity index is 1.42. The van der Waals surface area contributed by atoms with Crippen LogP contribution in [0.25, 0.3) is 0 Å². The Kier molecular flexibility index (Phi) is 5.74. The van der Waals surface area contributed by atoms with Gasteiger partial charge >= 0.3 is 0 Å². The Labute approximate surface area is 171 Å². The van der Waals surface area contributed by atoms with E-state index in [1.165, 1.54) is 4.90 Å². The molecule has 0 spiro atoms. The summed E-state index contributed by atoms with van der Waals surface area (Å²) in [5, 5.41) is 3.08. The third-order valence-corrected chi connectivity index (χ3v) is 6.07. The number of fused-ring (bicyclic) bond motifs is 1. The molecule has 1 aliphatic heterocycles. The summed E-state index contributed by atoms with van der Waals surface area (Å²) in [6, 6.07) is 19.3. The van der Waals surface area contributed by atoms with E-state index in [1.54, 1.807) is 0 Å². The molecule has 5 heteroatoms. The van der Waals surface area contributed by atoms with E-state index < -0.39 is 0 Å². The zero-order chi connectivity index (χ0) is 20.2. The summed E-state index contributed by atoms with van der Waals surface area (Å²) in [5.41, 5.74) is 1.98. The normalized spacial score (nSPS) is 21.3. The standard InChI is InChI=1S/C24H26N2O3/c27-21(15-16-26-23(28)19-13-7-8-14-20(19)24(26)29)25-22(17-9-3-1-4-10-17)18-11-5-2-6-12-18/h1-6,9-12,19-20,22H,7-8,13-16H2,(H,25,27)/t19-,20+. The van der Waals surface area contributed by atoms with Gasteiger partial charge in [-0.1, -0.05) is 73.5 Å². The van der Waals surface area contributed by atoms with Crippen molar-refractivity contribution in [3.05, 3.63) is 71.8 Å². The number of nitrogens with one attached hydrogen (secondary N) is 1. The first-order chi connectivity index (χ1) is 14.1. The van der Waals surface area contributed by atoms with Gasteiger partial charge in [0.15, 0.2) is 0 Å². The van der Waals surface area contributed by atoms with Crippen LogP contribution < -0.4 is 5.32 Å². The number of nitrogens with zero attached hydrogens (tertiary/aromatic N) is 1. The average Bonchev–Trinajstić information content (AvgIpc) is 3.02. The summed E-state index contributed by atoms with van der Waals surface area (Å²) < 4.78 is 0. The van der Waals surface area contributed by atoms with Gasteiger partial charge in [-0.15, -0.1) is 0 Å². The molecule has 4 rings (SSSR count). The molecule has 0 aromatic heterocycles. The van der Waals surface area contributed by atoms with E-state index in [1.807, 2.05) is 60.7 Å². The molecule has 2 aromatic carbocycles. The van der Waals surface area contributed by atoms with Crippen LogP contribution in [0.3, 0.4) is 0 Å². The Morgan fingerprint density at radius 1 is 0.862 bits per heavy atom. The van der Waals surface area contributed by atoms with Crippen LogP contribution in [0.5, 0.6) is 0 Å². The summed E-state index contributed by atoms with van der Waals surface area (Å²) in [6.45, 7) is 0.160. The second-order valence-electron chi connectivity index (χ2n) is 7.90. The van der Waals surface area contributed by atoms with Crippen LogP contribution in [0.15, 0.2) is 60.7 Å². The number of benzene rings is 2. The third kappa shape index (κ3) is 4.09.